The number of nitrogens with one attached hydrogen (secondary N) is 1. The zero-order valence-corrected chi connectivity index (χ0v) is 9.30. The van der Waals surface area contributed by atoms with Gasteiger partial charge in [0.2, 0.25) is 5.43 Å². The van der Waals surface area contributed by atoms with Gasteiger partial charge in [-0.2, -0.15) is 0 Å². The Morgan fingerprint density at radius 2 is 1.73 bits per heavy atom. The molecule has 0 aliphatic carbocycles. The molecule has 0 atom stereocenters. The molecule has 0 spiro atoms. The van der Waals surface area contributed by atoms with Crippen LogP contribution in [0.4, 0.5) is 0 Å². The van der Waals surface area contributed by atoms with Gasteiger partial charge in [-0.15, -0.1) is 0 Å². The Hall–Kier alpha value is -1.71. The van der Waals surface area contributed by atoms with Gasteiger partial charge >= 0.3 is 0 Å². The maximum atomic E-state index is 11.9. The van der Waals surface area contributed by atoms with Crippen LogP contribution in [0.15, 0.2) is 4.79 Å². The molecular weight excluding hydrogens is 190 g/mol. The molecule has 0 aromatic carbocycles. The summed E-state index contributed by atoms with van der Waals surface area (Å²) < 4.78 is 0. The maximum Gasteiger partial charge on any atom is 0.211 e. The average molecular weight is 203 g/mol. The molecule has 0 radical (unpaired) electrons. The summed E-state index contributed by atoms with van der Waals surface area (Å²) in [6, 6.07) is 0. The minimum absolute atomic E-state index is 0.00477. The van der Waals surface area contributed by atoms with Crippen LogP contribution in [0.25, 0.3) is 11.0 Å². The first-order chi connectivity index (χ1) is 7.00. The number of pyridine rings is 1. The van der Waals surface area contributed by atoms with Gasteiger partial charge in [0.1, 0.15) is 11.3 Å². The van der Waals surface area contributed by atoms with E-state index in [1.54, 1.807) is 13.8 Å². The fourth-order valence-electron chi connectivity index (χ4n) is 1.66. The van der Waals surface area contributed by atoms with Crippen LogP contribution in [-0.4, -0.2) is 15.0 Å². The molecule has 2 rings (SSSR count). The van der Waals surface area contributed by atoms with Crippen molar-refractivity contribution in [3.05, 3.63) is 33.0 Å². The molecular formula is C11H13N3O. The number of H-pyrrole nitrogens is 1. The van der Waals surface area contributed by atoms with Gasteiger partial charge in [0, 0.05) is 11.3 Å². The largest absolute Gasteiger partial charge is 0.355 e. The van der Waals surface area contributed by atoms with Crippen molar-refractivity contribution < 1.29 is 0 Å². The standard InChI is InChI=1S/C11H13N3O/c1-5-6(2)13-9-7(3)12-8(4)14-10(9)11(5)15/h1-4H3,(H,13,15). The SMILES string of the molecule is Cc1nc(C)c2[nH]c(C)c(C)c(=O)c2n1. The summed E-state index contributed by atoms with van der Waals surface area (Å²) in [6.45, 7) is 7.36. The second kappa shape index (κ2) is 3.15. The molecule has 0 aliphatic rings. The van der Waals surface area contributed by atoms with Crippen LogP contribution in [0.3, 0.4) is 0 Å². The molecule has 0 fully saturated rings. The molecule has 0 bridgehead atoms. The van der Waals surface area contributed by atoms with Crippen LogP contribution < -0.4 is 5.43 Å². The van der Waals surface area contributed by atoms with Crippen LogP contribution in [0.5, 0.6) is 0 Å². The zero-order chi connectivity index (χ0) is 11.2. The van der Waals surface area contributed by atoms with Crippen LogP contribution in [0.1, 0.15) is 22.8 Å². The number of hydrogen-bond donors (Lipinski definition) is 1. The van der Waals surface area contributed by atoms with Crippen molar-refractivity contribution in [2.24, 2.45) is 0 Å². The lowest BCUT2D eigenvalue weighted by atomic mass is 10.2. The van der Waals surface area contributed by atoms with E-state index in [0.29, 0.717) is 11.3 Å². The second-order valence-corrected chi connectivity index (χ2v) is 3.78. The summed E-state index contributed by atoms with van der Waals surface area (Å²) in [5, 5.41) is 0. The number of nitrogens with zero attached hydrogens (tertiary/aromatic N) is 2. The normalized spacial score (nSPS) is 10.9. The van der Waals surface area contributed by atoms with Gasteiger partial charge in [-0.05, 0) is 27.7 Å². The average Bonchev–Trinajstić information content (AvgIpc) is 2.17. The molecule has 4 heteroatoms. The van der Waals surface area contributed by atoms with E-state index in [0.717, 1.165) is 22.5 Å². The van der Waals surface area contributed by atoms with E-state index in [9.17, 15) is 4.79 Å². The lowest BCUT2D eigenvalue weighted by Gasteiger charge is -2.06. The number of rotatable bonds is 0. The van der Waals surface area contributed by atoms with E-state index < -0.39 is 0 Å². The molecule has 78 valence electrons. The van der Waals surface area contributed by atoms with Crippen LogP contribution >= 0.6 is 0 Å². The quantitative estimate of drug-likeness (QED) is 0.706. The Balaban J connectivity index is 3.06. The first kappa shape index (κ1) is 9.83. The van der Waals surface area contributed by atoms with Crippen molar-refractivity contribution in [2.75, 3.05) is 0 Å². The Morgan fingerprint density at radius 3 is 2.40 bits per heavy atom. The zero-order valence-electron chi connectivity index (χ0n) is 9.30. The van der Waals surface area contributed by atoms with Crippen molar-refractivity contribution in [2.45, 2.75) is 27.7 Å². The molecule has 1 N–H and O–H groups in total. The van der Waals surface area contributed by atoms with Gasteiger partial charge in [-0.1, -0.05) is 0 Å². The number of aryl methyl sites for hydroxylation is 3. The van der Waals surface area contributed by atoms with Gasteiger partial charge in [0.05, 0.1) is 11.2 Å². The maximum absolute atomic E-state index is 11.9. The number of fused-ring (bicyclic) bond motifs is 1. The fourth-order valence-corrected chi connectivity index (χ4v) is 1.66. The van der Waals surface area contributed by atoms with Gasteiger partial charge < -0.3 is 4.98 Å². The number of aromatic amines is 1. The molecule has 2 aromatic heterocycles. The lowest BCUT2D eigenvalue weighted by Crippen LogP contribution is -2.13. The highest BCUT2D eigenvalue weighted by Crippen LogP contribution is 2.11. The van der Waals surface area contributed by atoms with Gasteiger partial charge in [0.15, 0.2) is 0 Å². The number of aromatic nitrogens is 3. The predicted octanol–water partition coefficient (Wildman–Crippen LogP) is 1.55. The Kier molecular flexibility index (Phi) is 2.07. The van der Waals surface area contributed by atoms with Crippen molar-refractivity contribution >= 4 is 11.0 Å². The first-order valence-electron chi connectivity index (χ1n) is 4.85. The Morgan fingerprint density at radius 1 is 1.07 bits per heavy atom. The van der Waals surface area contributed by atoms with Gasteiger partial charge in [0.25, 0.3) is 0 Å². The van der Waals surface area contributed by atoms with Crippen LogP contribution in [0, 0.1) is 27.7 Å². The van der Waals surface area contributed by atoms with Crippen molar-refractivity contribution in [3.8, 4) is 0 Å². The van der Waals surface area contributed by atoms with E-state index in [-0.39, 0.29) is 5.43 Å². The van der Waals surface area contributed by atoms with Crippen molar-refractivity contribution in [1.29, 1.82) is 0 Å². The molecule has 0 saturated carbocycles. The lowest BCUT2D eigenvalue weighted by molar-refractivity contribution is 1.02. The molecule has 0 unspecified atom stereocenters. The summed E-state index contributed by atoms with van der Waals surface area (Å²) in [4.78, 5) is 23.5. The third kappa shape index (κ3) is 1.42. The van der Waals surface area contributed by atoms with E-state index >= 15 is 0 Å². The topological polar surface area (TPSA) is 58.6 Å². The highest BCUT2D eigenvalue weighted by atomic mass is 16.1. The van der Waals surface area contributed by atoms with E-state index in [1.807, 2.05) is 13.8 Å². The third-order valence-electron chi connectivity index (χ3n) is 2.63. The van der Waals surface area contributed by atoms with E-state index in [4.69, 9.17) is 0 Å². The van der Waals surface area contributed by atoms with E-state index in [1.165, 1.54) is 0 Å². The smallest absolute Gasteiger partial charge is 0.211 e. The minimum Gasteiger partial charge on any atom is -0.355 e. The van der Waals surface area contributed by atoms with Crippen molar-refractivity contribution in [3.63, 3.8) is 0 Å². The molecule has 15 heavy (non-hydrogen) atoms. The number of hydrogen-bond acceptors (Lipinski definition) is 3. The molecule has 2 heterocycles. The highest BCUT2D eigenvalue weighted by molar-refractivity contribution is 5.77. The minimum atomic E-state index is -0.00477. The van der Waals surface area contributed by atoms with Crippen LogP contribution in [-0.2, 0) is 0 Å². The second-order valence-electron chi connectivity index (χ2n) is 3.78. The van der Waals surface area contributed by atoms with Crippen LogP contribution in [0.2, 0.25) is 0 Å². The predicted molar refractivity (Wildman–Crippen MR) is 59.1 cm³/mol. The highest BCUT2D eigenvalue weighted by Gasteiger charge is 2.09. The van der Waals surface area contributed by atoms with Gasteiger partial charge in [-0.25, -0.2) is 9.97 Å². The summed E-state index contributed by atoms with van der Waals surface area (Å²) in [5.41, 5.74) is 3.65. The third-order valence-corrected chi connectivity index (χ3v) is 2.63. The Labute approximate surface area is 87.4 Å². The fraction of sp³-hybridized carbons (Fsp3) is 0.364. The molecule has 2 aromatic rings. The summed E-state index contributed by atoms with van der Waals surface area (Å²) in [6.07, 6.45) is 0. The van der Waals surface area contributed by atoms with Crippen molar-refractivity contribution in [1.82, 2.24) is 15.0 Å². The first-order valence-corrected chi connectivity index (χ1v) is 4.85. The van der Waals surface area contributed by atoms with Gasteiger partial charge in [-0.3, -0.25) is 4.79 Å². The molecule has 0 aliphatic heterocycles. The Bertz CT molecular complexity index is 599. The summed E-state index contributed by atoms with van der Waals surface area (Å²) in [5.74, 6) is 0.633. The summed E-state index contributed by atoms with van der Waals surface area (Å²) >= 11 is 0. The summed E-state index contributed by atoms with van der Waals surface area (Å²) in [7, 11) is 0. The molecule has 0 amide bonds. The molecule has 0 saturated heterocycles. The monoisotopic (exact) mass is 203 g/mol. The molecule has 4 nitrogen and oxygen atoms in total. The van der Waals surface area contributed by atoms with E-state index in [2.05, 4.69) is 15.0 Å².